The normalized spacial score (nSPS) is 16.5. The number of halogens is 2. The summed E-state index contributed by atoms with van der Waals surface area (Å²) in [6, 6.07) is 6.82. The predicted octanol–water partition coefficient (Wildman–Crippen LogP) is 1.84. The minimum Gasteiger partial charge on any atom is -0.480 e. The lowest BCUT2D eigenvalue weighted by Gasteiger charge is -2.09. The Kier molecular flexibility index (Phi) is 8.44. The van der Waals surface area contributed by atoms with Crippen LogP contribution in [0.4, 0.5) is 0 Å². The maximum atomic E-state index is 10.7. The van der Waals surface area contributed by atoms with Crippen molar-refractivity contribution < 1.29 is 23.1 Å². The van der Waals surface area contributed by atoms with Gasteiger partial charge in [0, 0.05) is 0 Å². The van der Waals surface area contributed by atoms with E-state index < -0.39 is 22.9 Å². The Labute approximate surface area is 139 Å². The summed E-state index contributed by atoms with van der Waals surface area (Å²) in [4.78, 5) is 10.2. The first-order valence-corrected chi connectivity index (χ1v) is 8.19. The minimum absolute atomic E-state index is 0.204. The number of aliphatic carboxylic acids is 1. The molecule has 0 saturated carbocycles. The molecule has 1 saturated heterocycles. The summed E-state index contributed by atoms with van der Waals surface area (Å²) < 4.78 is 26.1. The van der Waals surface area contributed by atoms with Gasteiger partial charge in [-0.25, -0.2) is 4.79 Å². The van der Waals surface area contributed by atoms with E-state index in [9.17, 15) is 13.2 Å². The van der Waals surface area contributed by atoms with Crippen molar-refractivity contribution in [2.45, 2.75) is 18.9 Å². The fourth-order valence-electron chi connectivity index (χ4n) is 1.72. The smallest absolute Gasteiger partial charge is 0.330 e. The number of ether oxygens (including phenoxy) is 1. The van der Waals surface area contributed by atoms with Crippen molar-refractivity contribution in [1.82, 2.24) is 5.32 Å². The molecule has 2 N–H and O–H groups in total. The second-order valence-corrected chi connectivity index (χ2v) is 5.99. The van der Waals surface area contributed by atoms with Crippen molar-refractivity contribution in [2.24, 2.45) is 0 Å². The standard InChI is InChI=1S/C7H11NO5S.C6H4Cl2/c9-6(10)4-13-7(14(11)12)5-2-1-3-8-5;7-5-3-1-2-4-6(5)8/h5,8H,1-4H2,(H,9,10);1-4H. The third kappa shape index (κ3) is 6.76. The van der Waals surface area contributed by atoms with Gasteiger partial charge in [-0.1, -0.05) is 35.3 Å². The number of carboxylic acids is 1. The quantitative estimate of drug-likeness (QED) is 0.791. The molecule has 1 aliphatic rings. The highest BCUT2D eigenvalue weighted by Gasteiger charge is 2.22. The van der Waals surface area contributed by atoms with Crippen LogP contribution in [0.5, 0.6) is 0 Å². The first-order chi connectivity index (χ1) is 10.4. The highest BCUT2D eigenvalue weighted by atomic mass is 35.5. The van der Waals surface area contributed by atoms with E-state index in [1.165, 1.54) is 0 Å². The van der Waals surface area contributed by atoms with Gasteiger partial charge in [0.2, 0.25) is 10.3 Å². The molecule has 1 heterocycles. The molecule has 0 amide bonds. The fourth-order valence-corrected chi connectivity index (χ4v) is 2.58. The minimum atomic E-state index is -2.49. The van der Waals surface area contributed by atoms with Gasteiger partial charge >= 0.3 is 5.97 Å². The molecule has 1 aromatic rings. The van der Waals surface area contributed by atoms with Crippen molar-refractivity contribution in [2.75, 3.05) is 13.2 Å². The maximum Gasteiger partial charge on any atom is 0.330 e. The number of carboxylic acid groups (broad SMARTS) is 1. The van der Waals surface area contributed by atoms with Gasteiger partial charge in [0.1, 0.15) is 0 Å². The van der Waals surface area contributed by atoms with E-state index >= 15 is 0 Å². The van der Waals surface area contributed by atoms with Crippen LogP contribution >= 0.6 is 23.2 Å². The molecule has 0 bridgehead atoms. The van der Waals surface area contributed by atoms with Gasteiger partial charge in [-0.15, -0.1) is 0 Å². The summed E-state index contributed by atoms with van der Waals surface area (Å²) in [6.07, 6.45) is 1.52. The third-order valence-corrected chi connectivity index (χ3v) is 4.16. The molecule has 0 aliphatic carbocycles. The van der Waals surface area contributed by atoms with E-state index in [1.807, 2.05) is 12.1 Å². The summed E-state index contributed by atoms with van der Waals surface area (Å²) in [5.41, 5.74) is 0. The summed E-state index contributed by atoms with van der Waals surface area (Å²) in [7, 11) is -2.49. The van der Waals surface area contributed by atoms with E-state index in [2.05, 4.69) is 5.32 Å². The molecule has 0 radical (unpaired) electrons. The zero-order valence-electron chi connectivity index (χ0n) is 11.5. The molecule has 22 heavy (non-hydrogen) atoms. The second kappa shape index (κ2) is 9.81. The summed E-state index contributed by atoms with van der Waals surface area (Å²) in [5, 5.41) is 12.2. The van der Waals surface area contributed by atoms with Crippen molar-refractivity contribution in [3.63, 3.8) is 0 Å². The average Bonchev–Trinajstić information content (AvgIpc) is 2.96. The van der Waals surface area contributed by atoms with Crippen LogP contribution < -0.4 is 5.32 Å². The van der Waals surface area contributed by atoms with E-state index in [0.29, 0.717) is 16.5 Å². The van der Waals surface area contributed by atoms with Gasteiger partial charge in [0.25, 0.3) is 0 Å². The van der Waals surface area contributed by atoms with Gasteiger partial charge in [-0.3, -0.25) is 0 Å². The van der Waals surface area contributed by atoms with Crippen LogP contribution in [-0.2, 0) is 19.8 Å². The summed E-state index contributed by atoms with van der Waals surface area (Å²) >= 11 is 11.2. The largest absolute Gasteiger partial charge is 0.480 e. The Hall–Kier alpha value is -1.12. The van der Waals surface area contributed by atoms with Gasteiger partial charge in [-0.2, -0.15) is 8.42 Å². The molecule has 2 rings (SSSR count). The first-order valence-electron chi connectivity index (χ1n) is 6.36. The molecular weight excluding hydrogens is 353 g/mol. The summed E-state index contributed by atoms with van der Waals surface area (Å²) in [6.45, 7) is 0.100. The molecule has 1 unspecified atom stereocenters. The molecule has 1 aliphatic heterocycles. The van der Waals surface area contributed by atoms with E-state index in [-0.39, 0.29) is 11.1 Å². The number of benzene rings is 1. The number of carbonyl (C=O) groups is 1. The average molecular weight is 368 g/mol. The molecule has 0 spiro atoms. The predicted molar refractivity (Wildman–Crippen MR) is 85.0 cm³/mol. The number of nitrogens with one attached hydrogen (secondary N) is 1. The molecule has 122 valence electrons. The van der Waals surface area contributed by atoms with Crippen LogP contribution in [0, 0.1) is 0 Å². The van der Waals surface area contributed by atoms with Gasteiger partial charge in [-0.05, 0) is 31.5 Å². The molecule has 9 heteroatoms. The fraction of sp³-hybridized carbons (Fsp3) is 0.385. The monoisotopic (exact) mass is 367 g/mol. The zero-order chi connectivity index (χ0) is 16.5. The van der Waals surface area contributed by atoms with Crippen LogP contribution in [0.3, 0.4) is 0 Å². The van der Waals surface area contributed by atoms with Crippen LogP contribution in [0.15, 0.2) is 24.3 Å². The van der Waals surface area contributed by atoms with Crippen LogP contribution in [-0.4, -0.2) is 43.7 Å². The molecule has 1 fully saturated rings. The van der Waals surface area contributed by atoms with Crippen molar-refractivity contribution >= 4 is 44.5 Å². The number of rotatable bonds is 3. The Morgan fingerprint density at radius 2 is 1.91 bits per heavy atom. The van der Waals surface area contributed by atoms with Crippen molar-refractivity contribution in [1.29, 1.82) is 0 Å². The Bertz CT molecular complexity index is 613. The molecule has 1 atom stereocenters. The van der Waals surface area contributed by atoms with Gasteiger partial charge in [0.15, 0.2) is 11.7 Å². The lowest BCUT2D eigenvalue weighted by Crippen LogP contribution is -2.34. The second-order valence-electron chi connectivity index (χ2n) is 4.30. The SMILES string of the molecule is Clc1ccccc1Cl.O=C(O)COC(C1CCCN1)=S(=O)=O. The van der Waals surface area contributed by atoms with Crippen LogP contribution in [0.25, 0.3) is 0 Å². The third-order valence-electron chi connectivity index (χ3n) is 2.67. The lowest BCUT2D eigenvalue weighted by molar-refractivity contribution is -0.139. The Balaban J connectivity index is 0.000000255. The highest BCUT2D eigenvalue weighted by molar-refractivity contribution is 7.72. The topological polar surface area (TPSA) is 92.7 Å². The maximum absolute atomic E-state index is 10.7. The number of hydrogen-bond acceptors (Lipinski definition) is 5. The molecular formula is C13H15Cl2NO5S. The van der Waals surface area contributed by atoms with Gasteiger partial charge in [0.05, 0.1) is 16.1 Å². The van der Waals surface area contributed by atoms with Crippen molar-refractivity contribution in [3.8, 4) is 0 Å². The van der Waals surface area contributed by atoms with E-state index in [0.717, 1.165) is 13.0 Å². The lowest BCUT2D eigenvalue weighted by atomic mass is 10.2. The van der Waals surface area contributed by atoms with Crippen LogP contribution in [0.1, 0.15) is 12.8 Å². The van der Waals surface area contributed by atoms with Crippen molar-refractivity contribution in [3.05, 3.63) is 34.3 Å². The van der Waals surface area contributed by atoms with E-state index in [1.54, 1.807) is 12.1 Å². The Morgan fingerprint density at radius 3 is 2.27 bits per heavy atom. The van der Waals surface area contributed by atoms with Crippen LogP contribution in [0.2, 0.25) is 10.0 Å². The molecule has 1 aromatic carbocycles. The first kappa shape index (κ1) is 18.9. The zero-order valence-corrected chi connectivity index (χ0v) is 13.8. The molecule has 0 aromatic heterocycles. The summed E-state index contributed by atoms with van der Waals surface area (Å²) in [5.74, 6) is -1.19. The highest BCUT2D eigenvalue weighted by Crippen LogP contribution is 2.19. The van der Waals surface area contributed by atoms with E-state index in [4.69, 9.17) is 33.0 Å². The Morgan fingerprint density at radius 1 is 1.32 bits per heavy atom. The molecule has 6 nitrogen and oxygen atoms in total. The number of hydrogen-bond donors (Lipinski definition) is 2. The van der Waals surface area contributed by atoms with Gasteiger partial charge < -0.3 is 15.2 Å².